The molecule has 4 rings (SSSR count). The Labute approximate surface area is 198 Å². The highest BCUT2D eigenvalue weighted by Gasteiger charge is 2.18. The van der Waals surface area contributed by atoms with Gasteiger partial charge in [0.1, 0.15) is 0 Å². The second-order valence-corrected chi connectivity index (χ2v) is 9.26. The van der Waals surface area contributed by atoms with E-state index in [4.69, 9.17) is 11.6 Å². The fraction of sp³-hybridized carbons (Fsp3) is 0. The van der Waals surface area contributed by atoms with Crippen LogP contribution in [0.4, 0.5) is 5.69 Å². The zero-order chi connectivity index (χ0) is 24.3. The van der Waals surface area contributed by atoms with E-state index >= 15 is 0 Å². The van der Waals surface area contributed by atoms with Crippen LogP contribution >= 0.6 is 11.6 Å². The number of pyridine rings is 1. The van der Waals surface area contributed by atoms with Crippen LogP contribution in [0.3, 0.4) is 0 Å². The molecule has 0 fully saturated rings. The number of halogens is 1. The molecule has 3 aromatic carbocycles. The molecule has 0 radical (unpaired) electrons. The number of hydrogen-bond acceptors (Lipinski definition) is 5. The largest absolute Gasteiger partial charge is 0.322 e. The van der Waals surface area contributed by atoms with Gasteiger partial charge in [0.05, 0.1) is 10.5 Å². The molecule has 0 saturated carbocycles. The Balaban J connectivity index is 1.49. The zero-order valence-corrected chi connectivity index (χ0v) is 18.9. The summed E-state index contributed by atoms with van der Waals surface area (Å²) in [5.74, 6) is -1.45. The second kappa shape index (κ2) is 9.38. The highest BCUT2D eigenvalue weighted by Crippen LogP contribution is 2.19. The number of amides is 2. The summed E-state index contributed by atoms with van der Waals surface area (Å²) >= 11 is 5.81. The Hall–Kier alpha value is -4.15. The van der Waals surface area contributed by atoms with E-state index in [1.165, 1.54) is 48.5 Å². The van der Waals surface area contributed by atoms with Crippen molar-refractivity contribution in [3.05, 3.63) is 105 Å². The number of carbonyl (C=O) groups excluding carboxylic acids is 2. The molecule has 0 aliphatic heterocycles. The van der Waals surface area contributed by atoms with Gasteiger partial charge in [-0.15, -0.1) is 0 Å². The van der Waals surface area contributed by atoms with Gasteiger partial charge in [0.15, 0.2) is 0 Å². The number of benzene rings is 3. The van der Waals surface area contributed by atoms with E-state index in [0.717, 1.165) is 6.07 Å². The molecule has 4 aromatic rings. The number of carbonyl (C=O) groups is 2. The quantitative estimate of drug-likeness (QED) is 0.315. The summed E-state index contributed by atoms with van der Waals surface area (Å²) in [6.07, 6.45) is 0. The normalized spacial score (nSPS) is 11.1. The average Bonchev–Trinajstić information content (AvgIpc) is 2.83. The fourth-order valence-corrected chi connectivity index (χ4v) is 4.41. The third-order valence-electron chi connectivity index (χ3n) is 4.79. The third kappa shape index (κ3) is 5.08. The molecule has 34 heavy (non-hydrogen) atoms. The number of aromatic amines is 1. The van der Waals surface area contributed by atoms with Gasteiger partial charge in [0.25, 0.3) is 21.8 Å². The predicted octanol–water partition coefficient (Wildman–Crippen LogP) is 3.06. The van der Waals surface area contributed by atoms with Crippen LogP contribution in [0.15, 0.2) is 88.6 Å². The lowest BCUT2D eigenvalue weighted by molar-refractivity contribution is 0.0847. The first kappa shape index (κ1) is 23.0. The molecule has 0 saturated heterocycles. The molecule has 0 atom stereocenters. The lowest BCUT2D eigenvalue weighted by Crippen LogP contribution is -2.42. The first-order valence-corrected chi connectivity index (χ1v) is 11.7. The van der Waals surface area contributed by atoms with Crippen LogP contribution in [-0.2, 0) is 10.0 Å². The monoisotopic (exact) mass is 496 g/mol. The summed E-state index contributed by atoms with van der Waals surface area (Å²) in [6, 6.07) is 19.2. The van der Waals surface area contributed by atoms with Crippen molar-refractivity contribution in [1.29, 1.82) is 0 Å². The van der Waals surface area contributed by atoms with Gasteiger partial charge in [0.2, 0.25) is 5.56 Å². The van der Waals surface area contributed by atoms with E-state index in [2.05, 4.69) is 20.6 Å². The molecule has 4 N–H and O–H groups in total. The molecule has 9 nitrogen and oxygen atoms in total. The van der Waals surface area contributed by atoms with E-state index in [1.807, 2.05) is 0 Å². The van der Waals surface area contributed by atoms with Crippen molar-refractivity contribution < 1.29 is 18.0 Å². The van der Waals surface area contributed by atoms with Crippen molar-refractivity contribution in [2.45, 2.75) is 4.90 Å². The fourth-order valence-electron chi connectivity index (χ4n) is 3.18. The predicted molar refractivity (Wildman–Crippen MR) is 128 cm³/mol. The lowest BCUT2D eigenvalue weighted by Gasteiger charge is -2.11. The van der Waals surface area contributed by atoms with Gasteiger partial charge in [-0.1, -0.05) is 35.9 Å². The first-order valence-electron chi connectivity index (χ1n) is 9.84. The van der Waals surface area contributed by atoms with E-state index in [1.54, 1.807) is 24.3 Å². The molecular weight excluding hydrogens is 480 g/mol. The van der Waals surface area contributed by atoms with Crippen molar-refractivity contribution in [2.75, 3.05) is 4.72 Å². The maximum absolute atomic E-state index is 12.7. The number of hydrogen-bond donors (Lipinski definition) is 4. The third-order valence-corrected chi connectivity index (χ3v) is 6.42. The number of rotatable bonds is 5. The van der Waals surface area contributed by atoms with Crippen LogP contribution in [0.5, 0.6) is 0 Å². The standard InChI is InChI=1S/C23H17ClN4O5S/c24-15-8-10-16(11-9-15)28-34(32,33)17-5-3-4-14(12-17)22(30)26-27-23(31)19-13-21(29)25-20-7-2-1-6-18(19)20/h1-13,28H,(H,25,29)(H,26,30)(H,27,31). The number of hydrazine groups is 1. The summed E-state index contributed by atoms with van der Waals surface area (Å²) < 4.78 is 27.8. The Morgan fingerprint density at radius 3 is 2.29 bits per heavy atom. The van der Waals surface area contributed by atoms with Crippen LogP contribution in [-0.4, -0.2) is 25.2 Å². The molecule has 2 amide bonds. The summed E-state index contributed by atoms with van der Waals surface area (Å²) in [5.41, 5.74) is 4.86. The molecule has 1 aromatic heterocycles. The molecule has 0 aliphatic rings. The van der Waals surface area contributed by atoms with Gasteiger partial charge in [-0.05, 0) is 48.5 Å². The average molecular weight is 497 g/mol. The van der Waals surface area contributed by atoms with Crippen LogP contribution in [0.25, 0.3) is 10.9 Å². The van der Waals surface area contributed by atoms with Crippen LogP contribution in [0, 0.1) is 0 Å². The van der Waals surface area contributed by atoms with Crippen molar-refractivity contribution in [2.24, 2.45) is 0 Å². The van der Waals surface area contributed by atoms with Gasteiger partial charge < -0.3 is 4.98 Å². The van der Waals surface area contributed by atoms with Gasteiger partial charge >= 0.3 is 0 Å². The smallest absolute Gasteiger partial charge is 0.270 e. The summed E-state index contributed by atoms with van der Waals surface area (Å²) in [6.45, 7) is 0. The summed E-state index contributed by atoms with van der Waals surface area (Å²) in [4.78, 5) is 39.5. The SMILES string of the molecule is O=C(NNC(=O)c1cc(=O)[nH]c2ccccc12)c1cccc(S(=O)(=O)Nc2ccc(Cl)cc2)c1. The van der Waals surface area contributed by atoms with Crippen molar-refractivity contribution in [3.63, 3.8) is 0 Å². The van der Waals surface area contributed by atoms with Gasteiger partial charge in [-0.25, -0.2) is 8.42 Å². The number of sulfonamides is 1. The minimum atomic E-state index is -3.98. The maximum Gasteiger partial charge on any atom is 0.270 e. The lowest BCUT2D eigenvalue weighted by atomic mass is 10.1. The molecule has 0 unspecified atom stereocenters. The van der Waals surface area contributed by atoms with Crippen molar-refractivity contribution in [3.8, 4) is 0 Å². The number of nitrogens with one attached hydrogen (secondary N) is 4. The van der Waals surface area contributed by atoms with E-state index in [0.29, 0.717) is 21.6 Å². The Morgan fingerprint density at radius 1 is 0.824 bits per heavy atom. The van der Waals surface area contributed by atoms with E-state index in [-0.39, 0.29) is 16.0 Å². The number of aromatic nitrogens is 1. The summed E-state index contributed by atoms with van der Waals surface area (Å²) in [5, 5.41) is 0.951. The number of para-hydroxylation sites is 1. The number of anilines is 1. The molecule has 11 heteroatoms. The van der Waals surface area contributed by atoms with Crippen molar-refractivity contribution >= 4 is 50.0 Å². The number of H-pyrrole nitrogens is 1. The Morgan fingerprint density at radius 2 is 1.53 bits per heavy atom. The van der Waals surface area contributed by atoms with Gasteiger partial charge in [-0.3, -0.25) is 30.0 Å². The molecular formula is C23H17ClN4O5S. The summed E-state index contributed by atoms with van der Waals surface area (Å²) in [7, 11) is -3.98. The molecule has 172 valence electrons. The van der Waals surface area contributed by atoms with Crippen LogP contribution < -0.4 is 21.1 Å². The zero-order valence-electron chi connectivity index (χ0n) is 17.3. The van der Waals surface area contributed by atoms with Gasteiger partial charge in [0, 0.05) is 33.2 Å². The molecule has 0 bridgehead atoms. The van der Waals surface area contributed by atoms with E-state index < -0.39 is 27.4 Å². The van der Waals surface area contributed by atoms with E-state index in [9.17, 15) is 22.8 Å². The molecule has 0 spiro atoms. The molecule has 1 heterocycles. The highest BCUT2D eigenvalue weighted by atomic mass is 35.5. The van der Waals surface area contributed by atoms with Gasteiger partial charge in [-0.2, -0.15) is 0 Å². The number of fused-ring (bicyclic) bond motifs is 1. The Bertz CT molecular complexity index is 1570. The first-order chi connectivity index (χ1) is 16.2. The highest BCUT2D eigenvalue weighted by molar-refractivity contribution is 7.92. The minimum absolute atomic E-state index is 0.00459. The minimum Gasteiger partial charge on any atom is -0.322 e. The van der Waals surface area contributed by atoms with Crippen molar-refractivity contribution in [1.82, 2.24) is 15.8 Å². The Kier molecular flexibility index (Phi) is 6.35. The van der Waals surface area contributed by atoms with Crippen LogP contribution in [0.2, 0.25) is 5.02 Å². The van der Waals surface area contributed by atoms with Crippen LogP contribution in [0.1, 0.15) is 20.7 Å². The molecule has 0 aliphatic carbocycles. The maximum atomic E-state index is 12.7. The topological polar surface area (TPSA) is 137 Å². The second-order valence-electron chi connectivity index (χ2n) is 7.14.